The highest BCUT2D eigenvalue weighted by molar-refractivity contribution is 5.55. The zero-order valence-electron chi connectivity index (χ0n) is 12.5. The number of aromatic nitrogens is 2. The Morgan fingerprint density at radius 3 is 2.38 bits per heavy atom. The lowest BCUT2D eigenvalue weighted by molar-refractivity contribution is 0.726. The summed E-state index contributed by atoms with van der Waals surface area (Å²) in [5.74, 6) is 1.70. The van der Waals surface area contributed by atoms with Gasteiger partial charge in [-0.1, -0.05) is 30.5 Å². The quantitative estimate of drug-likeness (QED) is 0.926. The molecule has 0 spiro atoms. The number of hydrogen-bond acceptors (Lipinski definition) is 4. The highest BCUT2D eigenvalue weighted by Crippen LogP contribution is 2.19. The summed E-state index contributed by atoms with van der Waals surface area (Å²) in [4.78, 5) is 11.4. The number of aryl methyl sites for hydroxylation is 1. The van der Waals surface area contributed by atoms with Gasteiger partial charge in [-0.05, 0) is 38.0 Å². The summed E-state index contributed by atoms with van der Waals surface area (Å²) >= 11 is 0. The van der Waals surface area contributed by atoms with E-state index in [-0.39, 0.29) is 0 Å². The summed E-state index contributed by atoms with van der Waals surface area (Å²) in [6.45, 7) is 4.28. The Labute approximate surface area is 126 Å². The number of nitrogens with zero attached hydrogens (tertiary/aromatic N) is 3. The van der Waals surface area contributed by atoms with E-state index in [1.165, 1.54) is 31.2 Å². The first-order chi connectivity index (χ1) is 10.3. The Morgan fingerprint density at radius 2 is 1.67 bits per heavy atom. The topological polar surface area (TPSA) is 41.1 Å². The molecule has 1 aromatic heterocycles. The van der Waals surface area contributed by atoms with Crippen LogP contribution in [0.25, 0.3) is 0 Å². The van der Waals surface area contributed by atoms with Crippen LogP contribution in [0.4, 0.5) is 17.5 Å². The van der Waals surface area contributed by atoms with Gasteiger partial charge in [-0.25, -0.2) is 4.98 Å². The van der Waals surface area contributed by atoms with Crippen molar-refractivity contribution in [3.63, 3.8) is 0 Å². The van der Waals surface area contributed by atoms with Crippen molar-refractivity contribution >= 4 is 17.5 Å². The molecule has 0 radical (unpaired) electrons. The van der Waals surface area contributed by atoms with E-state index in [0.29, 0.717) is 5.95 Å². The smallest absolute Gasteiger partial charge is 0.229 e. The highest BCUT2D eigenvalue weighted by Gasteiger charge is 2.11. The van der Waals surface area contributed by atoms with Gasteiger partial charge in [0.1, 0.15) is 5.82 Å². The van der Waals surface area contributed by atoms with Crippen LogP contribution in [-0.4, -0.2) is 23.1 Å². The van der Waals surface area contributed by atoms with E-state index in [2.05, 4.69) is 51.4 Å². The Kier molecular flexibility index (Phi) is 4.34. The third-order valence-corrected chi connectivity index (χ3v) is 3.88. The van der Waals surface area contributed by atoms with Gasteiger partial charge in [0.15, 0.2) is 0 Å². The van der Waals surface area contributed by atoms with E-state index in [4.69, 9.17) is 0 Å². The average molecular weight is 282 g/mol. The maximum absolute atomic E-state index is 4.66. The van der Waals surface area contributed by atoms with E-state index >= 15 is 0 Å². The molecule has 0 atom stereocenters. The molecule has 4 nitrogen and oxygen atoms in total. The number of anilines is 3. The zero-order chi connectivity index (χ0) is 14.5. The fourth-order valence-electron chi connectivity index (χ4n) is 2.65. The SMILES string of the molecule is Cc1ccc(Nc2nccc(N3CCCCCC3)n2)cc1. The molecular formula is C17H22N4. The lowest BCUT2D eigenvalue weighted by Crippen LogP contribution is -2.25. The van der Waals surface area contributed by atoms with E-state index in [1.54, 1.807) is 0 Å². The van der Waals surface area contributed by atoms with Gasteiger partial charge in [0.05, 0.1) is 0 Å². The first kappa shape index (κ1) is 13.9. The van der Waals surface area contributed by atoms with Crippen LogP contribution in [-0.2, 0) is 0 Å². The third-order valence-electron chi connectivity index (χ3n) is 3.88. The summed E-state index contributed by atoms with van der Waals surface area (Å²) in [7, 11) is 0. The van der Waals surface area contributed by atoms with Gasteiger partial charge >= 0.3 is 0 Å². The van der Waals surface area contributed by atoms with Crippen molar-refractivity contribution in [1.82, 2.24) is 9.97 Å². The van der Waals surface area contributed by atoms with Crippen molar-refractivity contribution in [1.29, 1.82) is 0 Å². The van der Waals surface area contributed by atoms with E-state index in [1.807, 2.05) is 12.3 Å². The second kappa shape index (κ2) is 6.57. The largest absolute Gasteiger partial charge is 0.356 e. The first-order valence-corrected chi connectivity index (χ1v) is 7.73. The van der Waals surface area contributed by atoms with Gasteiger partial charge in [-0.15, -0.1) is 0 Å². The van der Waals surface area contributed by atoms with E-state index < -0.39 is 0 Å². The van der Waals surface area contributed by atoms with Crippen molar-refractivity contribution in [3.05, 3.63) is 42.1 Å². The second-order valence-electron chi connectivity index (χ2n) is 5.63. The van der Waals surface area contributed by atoms with Gasteiger partial charge in [-0.2, -0.15) is 4.98 Å². The summed E-state index contributed by atoms with van der Waals surface area (Å²) < 4.78 is 0. The van der Waals surface area contributed by atoms with Gasteiger partial charge < -0.3 is 10.2 Å². The molecule has 0 aliphatic carbocycles. The molecule has 1 aliphatic rings. The van der Waals surface area contributed by atoms with E-state index in [9.17, 15) is 0 Å². The molecule has 2 heterocycles. The number of rotatable bonds is 3. The number of benzene rings is 1. The Hall–Kier alpha value is -2.10. The van der Waals surface area contributed by atoms with Gasteiger partial charge in [-0.3, -0.25) is 0 Å². The molecule has 1 N–H and O–H groups in total. The molecule has 1 aromatic carbocycles. The van der Waals surface area contributed by atoms with Crippen molar-refractivity contribution in [2.75, 3.05) is 23.3 Å². The van der Waals surface area contributed by atoms with Crippen LogP contribution in [0.5, 0.6) is 0 Å². The molecule has 3 rings (SSSR count). The third kappa shape index (κ3) is 3.72. The fourth-order valence-corrected chi connectivity index (χ4v) is 2.65. The zero-order valence-corrected chi connectivity index (χ0v) is 12.5. The Balaban J connectivity index is 1.74. The molecule has 0 amide bonds. The Morgan fingerprint density at radius 1 is 0.952 bits per heavy atom. The minimum atomic E-state index is 0.667. The number of hydrogen-bond donors (Lipinski definition) is 1. The molecule has 1 fully saturated rings. The summed E-state index contributed by atoms with van der Waals surface area (Å²) in [5.41, 5.74) is 2.27. The molecule has 0 bridgehead atoms. The molecule has 0 saturated carbocycles. The number of nitrogens with one attached hydrogen (secondary N) is 1. The summed E-state index contributed by atoms with van der Waals surface area (Å²) in [6, 6.07) is 10.3. The lowest BCUT2D eigenvalue weighted by atomic mass is 10.2. The van der Waals surface area contributed by atoms with Gasteiger partial charge in [0.25, 0.3) is 0 Å². The van der Waals surface area contributed by atoms with Crippen molar-refractivity contribution in [2.24, 2.45) is 0 Å². The molecule has 110 valence electrons. The minimum absolute atomic E-state index is 0.667. The summed E-state index contributed by atoms with van der Waals surface area (Å²) in [5, 5.41) is 3.28. The maximum Gasteiger partial charge on any atom is 0.229 e. The molecule has 2 aromatic rings. The van der Waals surface area contributed by atoms with Crippen LogP contribution in [0, 0.1) is 6.92 Å². The monoisotopic (exact) mass is 282 g/mol. The molecule has 1 saturated heterocycles. The van der Waals surface area contributed by atoms with Gasteiger partial charge in [0, 0.05) is 25.0 Å². The molecule has 0 unspecified atom stereocenters. The van der Waals surface area contributed by atoms with Crippen molar-refractivity contribution < 1.29 is 0 Å². The molecule has 4 heteroatoms. The van der Waals surface area contributed by atoms with Crippen LogP contribution in [0.1, 0.15) is 31.2 Å². The standard InChI is InChI=1S/C17H22N4/c1-14-6-8-15(9-7-14)19-17-18-11-10-16(20-17)21-12-4-2-3-5-13-21/h6-11H,2-5,12-13H2,1H3,(H,18,19,20). The predicted octanol–water partition coefficient (Wildman–Crippen LogP) is 3.91. The predicted molar refractivity (Wildman–Crippen MR) is 87.2 cm³/mol. The highest BCUT2D eigenvalue weighted by atomic mass is 15.2. The van der Waals surface area contributed by atoms with Crippen LogP contribution >= 0.6 is 0 Å². The summed E-state index contributed by atoms with van der Waals surface area (Å²) in [6.07, 6.45) is 7.01. The van der Waals surface area contributed by atoms with Crippen molar-refractivity contribution in [2.45, 2.75) is 32.6 Å². The van der Waals surface area contributed by atoms with E-state index in [0.717, 1.165) is 24.6 Å². The minimum Gasteiger partial charge on any atom is -0.356 e. The Bertz CT molecular complexity index is 572. The fraction of sp³-hybridized carbons (Fsp3) is 0.412. The maximum atomic E-state index is 4.66. The second-order valence-corrected chi connectivity index (χ2v) is 5.63. The van der Waals surface area contributed by atoms with Crippen LogP contribution in [0.3, 0.4) is 0 Å². The van der Waals surface area contributed by atoms with Crippen LogP contribution in [0.15, 0.2) is 36.5 Å². The lowest BCUT2D eigenvalue weighted by Gasteiger charge is -2.21. The molecule has 1 aliphatic heterocycles. The van der Waals surface area contributed by atoms with Crippen LogP contribution < -0.4 is 10.2 Å². The molecular weight excluding hydrogens is 260 g/mol. The average Bonchev–Trinajstić information content (AvgIpc) is 2.79. The molecule has 21 heavy (non-hydrogen) atoms. The first-order valence-electron chi connectivity index (χ1n) is 7.73. The van der Waals surface area contributed by atoms with Crippen LogP contribution in [0.2, 0.25) is 0 Å². The normalized spacial score (nSPS) is 15.6. The van der Waals surface area contributed by atoms with Crippen molar-refractivity contribution in [3.8, 4) is 0 Å². The van der Waals surface area contributed by atoms with Gasteiger partial charge in [0.2, 0.25) is 5.95 Å².